The fraction of sp³-hybridized carbons (Fsp3) is 0.571. The molecule has 0 aliphatic carbocycles. The molecule has 0 aromatic heterocycles. The zero-order valence-corrected chi connectivity index (χ0v) is 12.8. The van der Waals surface area contributed by atoms with Gasteiger partial charge in [0.1, 0.15) is 0 Å². The maximum Gasteiger partial charge on any atom is 0.243 e. The third-order valence-corrected chi connectivity index (χ3v) is 5.76. The van der Waals surface area contributed by atoms with E-state index in [-0.39, 0.29) is 11.5 Å². The number of aliphatic hydroxyl groups excluding tert-OH is 1. The van der Waals surface area contributed by atoms with E-state index in [1.54, 1.807) is 24.3 Å². The molecule has 0 amide bonds. The van der Waals surface area contributed by atoms with Crippen LogP contribution in [0.15, 0.2) is 29.2 Å². The zero-order chi connectivity index (χ0) is 14.8. The number of sulfonamides is 1. The minimum atomic E-state index is -3.51. The van der Waals surface area contributed by atoms with Crippen molar-refractivity contribution < 1.29 is 13.5 Å². The van der Waals surface area contributed by atoms with E-state index >= 15 is 0 Å². The molecule has 1 fully saturated rings. The standard InChI is InChI=1S/C14H22N2O3S/c1-12(2)15-7-9-16(10-8-15)20(18,19)14-6-4-3-5-13(14)11-17/h3-6,12,17H,7-11H2,1-2H3. The molecule has 1 aromatic carbocycles. The highest BCUT2D eigenvalue weighted by Crippen LogP contribution is 2.21. The molecule has 0 atom stereocenters. The van der Waals surface area contributed by atoms with Gasteiger partial charge in [0.05, 0.1) is 11.5 Å². The van der Waals surface area contributed by atoms with Crippen molar-refractivity contribution in [2.75, 3.05) is 26.2 Å². The summed E-state index contributed by atoms with van der Waals surface area (Å²) in [5.74, 6) is 0. The lowest BCUT2D eigenvalue weighted by atomic mass is 10.2. The molecule has 20 heavy (non-hydrogen) atoms. The fourth-order valence-electron chi connectivity index (χ4n) is 2.49. The number of rotatable bonds is 4. The predicted octanol–water partition coefficient (Wildman–Crippen LogP) is 0.894. The molecule has 6 heteroatoms. The number of nitrogens with zero attached hydrogens (tertiary/aromatic N) is 2. The van der Waals surface area contributed by atoms with Gasteiger partial charge in [-0.1, -0.05) is 18.2 Å². The van der Waals surface area contributed by atoms with E-state index in [9.17, 15) is 13.5 Å². The van der Waals surface area contributed by atoms with Crippen LogP contribution in [0, 0.1) is 0 Å². The lowest BCUT2D eigenvalue weighted by molar-refractivity contribution is 0.154. The Labute approximate surface area is 120 Å². The molecule has 112 valence electrons. The lowest BCUT2D eigenvalue weighted by Gasteiger charge is -2.36. The van der Waals surface area contributed by atoms with Crippen LogP contribution in [-0.4, -0.2) is 55.0 Å². The summed E-state index contributed by atoms with van der Waals surface area (Å²) in [6.45, 7) is 6.47. The largest absolute Gasteiger partial charge is 0.392 e. The highest BCUT2D eigenvalue weighted by Gasteiger charge is 2.30. The maximum absolute atomic E-state index is 12.6. The number of aliphatic hydroxyl groups is 1. The van der Waals surface area contributed by atoms with E-state index < -0.39 is 10.0 Å². The van der Waals surface area contributed by atoms with E-state index in [4.69, 9.17) is 0 Å². The van der Waals surface area contributed by atoms with Crippen LogP contribution in [-0.2, 0) is 16.6 Å². The Morgan fingerprint density at radius 3 is 2.30 bits per heavy atom. The second kappa shape index (κ2) is 6.22. The smallest absolute Gasteiger partial charge is 0.243 e. The second-order valence-electron chi connectivity index (χ2n) is 5.30. The fourth-order valence-corrected chi connectivity index (χ4v) is 4.12. The van der Waals surface area contributed by atoms with Crippen molar-refractivity contribution in [1.29, 1.82) is 0 Å². The van der Waals surface area contributed by atoms with Crippen molar-refractivity contribution in [1.82, 2.24) is 9.21 Å². The molecule has 1 saturated heterocycles. The molecule has 0 radical (unpaired) electrons. The summed E-state index contributed by atoms with van der Waals surface area (Å²) in [6.07, 6.45) is 0. The van der Waals surface area contributed by atoms with E-state index in [1.165, 1.54) is 4.31 Å². The molecule has 0 bridgehead atoms. The summed E-state index contributed by atoms with van der Waals surface area (Å²) >= 11 is 0. The average molecular weight is 298 g/mol. The highest BCUT2D eigenvalue weighted by molar-refractivity contribution is 7.89. The lowest BCUT2D eigenvalue weighted by Crippen LogP contribution is -2.50. The van der Waals surface area contributed by atoms with Crippen LogP contribution in [0.1, 0.15) is 19.4 Å². The second-order valence-corrected chi connectivity index (χ2v) is 7.21. The van der Waals surface area contributed by atoms with Gasteiger partial charge in [-0.2, -0.15) is 4.31 Å². The van der Waals surface area contributed by atoms with Gasteiger partial charge in [-0.3, -0.25) is 4.90 Å². The Morgan fingerprint density at radius 2 is 1.75 bits per heavy atom. The monoisotopic (exact) mass is 298 g/mol. The zero-order valence-electron chi connectivity index (χ0n) is 12.0. The van der Waals surface area contributed by atoms with Gasteiger partial charge in [0, 0.05) is 32.2 Å². The Kier molecular flexibility index (Phi) is 4.80. The third kappa shape index (κ3) is 3.03. The van der Waals surface area contributed by atoms with Crippen molar-refractivity contribution in [2.45, 2.75) is 31.4 Å². The number of benzene rings is 1. The molecule has 1 heterocycles. The Morgan fingerprint density at radius 1 is 1.15 bits per heavy atom. The van der Waals surface area contributed by atoms with Crippen LogP contribution in [0.3, 0.4) is 0 Å². The topological polar surface area (TPSA) is 60.9 Å². The first kappa shape index (κ1) is 15.4. The normalized spacial score (nSPS) is 18.6. The summed E-state index contributed by atoms with van der Waals surface area (Å²) in [4.78, 5) is 2.49. The van der Waals surface area contributed by atoms with Crippen molar-refractivity contribution in [3.63, 3.8) is 0 Å². The molecule has 0 saturated carbocycles. The Bertz CT molecular complexity index is 549. The third-order valence-electron chi connectivity index (χ3n) is 3.76. The van der Waals surface area contributed by atoms with Crippen molar-refractivity contribution in [3.05, 3.63) is 29.8 Å². The van der Waals surface area contributed by atoms with Crippen molar-refractivity contribution in [3.8, 4) is 0 Å². The minimum Gasteiger partial charge on any atom is -0.392 e. The van der Waals surface area contributed by atoms with Crippen LogP contribution in [0.5, 0.6) is 0 Å². The summed E-state index contributed by atoms with van der Waals surface area (Å²) in [5, 5.41) is 9.30. The summed E-state index contributed by atoms with van der Waals surface area (Å²) < 4.78 is 26.8. The van der Waals surface area contributed by atoms with Crippen LogP contribution in [0.25, 0.3) is 0 Å². The molecule has 5 nitrogen and oxygen atoms in total. The summed E-state index contributed by atoms with van der Waals surface area (Å²) in [7, 11) is -3.51. The Balaban J connectivity index is 2.20. The molecular formula is C14H22N2O3S. The van der Waals surface area contributed by atoms with E-state index in [0.717, 1.165) is 13.1 Å². The molecule has 1 aliphatic rings. The molecule has 0 spiro atoms. The average Bonchev–Trinajstić information content (AvgIpc) is 2.47. The predicted molar refractivity (Wildman–Crippen MR) is 77.8 cm³/mol. The van der Waals surface area contributed by atoms with Gasteiger partial charge < -0.3 is 5.11 Å². The summed E-state index contributed by atoms with van der Waals surface area (Å²) in [6, 6.07) is 7.08. The molecule has 2 rings (SSSR count). The van der Waals surface area contributed by atoms with Gasteiger partial charge in [-0.05, 0) is 25.5 Å². The molecule has 1 aromatic rings. The first-order valence-corrected chi connectivity index (χ1v) is 8.34. The number of piperazine rings is 1. The first-order valence-electron chi connectivity index (χ1n) is 6.89. The number of hydrogen-bond donors (Lipinski definition) is 1. The van der Waals surface area contributed by atoms with Gasteiger partial charge in [-0.25, -0.2) is 8.42 Å². The molecule has 1 aliphatic heterocycles. The van der Waals surface area contributed by atoms with Crippen molar-refractivity contribution >= 4 is 10.0 Å². The molecule has 1 N–H and O–H groups in total. The SMILES string of the molecule is CC(C)N1CCN(S(=O)(=O)c2ccccc2CO)CC1. The maximum atomic E-state index is 12.6. The van der Waals surface area contributed by atoms with Crippen LogP contribution >= 0.6 is 0 Å². The first-order chi connectivity index (χ1) is 9.46. The van der Waals surface area contributed by atoms with Gasteiger partial charge in [0.25, 0.3) is 0 Å². The van der Waals surface area contributed by atoms with E-state index in [0.29, 0.717) is 24.7 Å². The van der Waals surface area contributed by atoms with Crippen molar-refractivity contribution in [2.24, 2.45) is 0 Å². The van der Waals surface area contributed by atoms with Gasteiger partial charge >= 0.3 is 0 Å². The highest BCUT2D eigenvalue weighted by atomic mass is 32.2. The van der Waals surface area contributed by atoms with Crippen LogP contribution in [0.4, 0.5) is 0 Å². The number of hydrogen-bond acceptors (Lipinski definition) is 4. The Hall–Kier alpha value is -0.950. The molecule has 0 unspecified atom stereocenters. The summed E-state index contributed by atoms with van der Waals surface area (Å²) in [5.41, 5.74) is 0.457. The van der Waals surface area contributed by atoms with E-state index in [2.05, 4.69) is 18.7 Å². The minimum absolute atomic E-state index is 0.223. The van der Waals surface area contributed by atoms with Gasteiger partial charge in [0.2, 0.25) is 10.0 Å². The van der Waals surface area contributed by atoms with Gasteiger partial charge in [-0.15, -0.1) is 0 Å². The van der Waals surface area contributed by atoms with E-state index in [1.807, 2.05) is 0 Å². The van der Waals surface area contributed by atoms with Gasteiger partial charge in [0.15, 0.2) is 0 Å². The molecular weight excluding hydrogens is 276 g/mol. The van der Waals surface area contributed by atoms with Crippen LogP contribution in [0.2, 0.25) is 0 Å². The van der Waals surface area contributed by atoms with Crippen LogP contribution < -0.4 is 0 Å². The quantitative estimate of drug-likeness (QED) is 0.897.